The number of benzene rings is 2. The maximum Gasteiger partial charge on any atom is 0.253 e. The third-order valence-corrected chi connectivity index (χ3v) is 17.5. The highest BCUT2D eigenvalue weighted by molar-refractivity contribution is 7.13. The summed E-state index contributed by atoms with van der Waals surface area (Å²) in [6, 6.07) is 16.3. The standard InChI is InChI=1S/C57H76ClN11O7S/c1-35(37-10-12-38(13-11-37)48-36(2)61-34-77-48)62-51(74)45-26-42(71)31-69(45)52(75)49(55(3,4)5)63-47(72)32-66-20-18-65(19-21-66)22-23-67-24-25-68(30-41(67)33-70)46-17-15-40(29-60-46)50(73)64-53-56(6,7)54(57(53,8)9)76-43-16-14-39(28-59)44(58)27-43/h10-17,27,29,34-35,41-42,45,49,53-54,70-71H,18-26,30-33H2,1-9H3,(H,62,74)(H,63,72)(H,64,73)/t35-,41-,42+,45?,49?,53?,54?/m0/s1. The van der Waals surface area contributed by atoms with Crippen LogP contribution in [0.2, 0.25) is 5.02 Å². The lowest BCUT2D eigenvalue weighted by Crippen LogP contribution is -2.74. The number of nitrogens with one attached hydrogen (secondary N) is 3. The van der Waals surface area contributed by atoms with Gasteiger partial charge in [-0.3, -0.25) is 33.9 Å². The molecule has 5 heterocycles. The molecule has 2 unspecified atom stereocenters. The van der Waals surface area contributed by atoms with E-state index in [2.05, 4.69) is 74.3 Å². The van der Waals surface area contributed by atoms with Crippen LogP contribution in [0.5, 0.6) is 5.75 Å². The van der Waals surface area contributed by atoms with Crippen molar-refractivity contribution in [3.63, 3.8) is 0 Å². The Morgan fingerprint density at radius 2 is 1.62 bits per heavy atom. The molecular formula is C57H76ClN11O7S. The first-order valence-corrected chi connectivity index (χ1v) is 28.0. The van der Waals surface area contributed by atoms with Crippen molar-refractivity contribution in [3.05, 3.63) is 93.7 Å². The van der Waals surface area contributed by atoms with Crippen LogP contribution in [0.15, 0.2) is 66.3 Å². The van der Waals surface area contributed by atoms with Gasteiger partial charge in [0.15, 0.2) is 0 Å². The van der Waals surface area contributed by atoms with E-state index in [1.54, 1.807) is 41.8 Å². The van der Waals surface area contributed by atoms with E-state index in [4.69, 9.17) is 21.3 Å². The van der Waals surface area contributed by atoms with Gasteiger partial charge in [-0.25, -0.2) is 9.97 Å². The zero-order valence-corrected chi connectivity index (χ0v) is 47.5. The molecule has 3 saturated heterocycles. The number of ether oxygens (including phenoxy) is 1. The maximum atomic E-state index is 14.3. The smallest absolute Gasteiger partial charge is 0.253 e. The molecule has 2 aromatic heterocycles. The van der Waals surface area contributed by atoms with Crippen molar-refractivity contribution in [1.29, 1.82) is 5.26 Å². The van der Waals surface area contributed by atoms with Gasteiger partial charge >= 0.3 is 0 Å². The quantitative estimate of drug-likeness (QED) is 0.0928. The molecular weight excluding hydrogens is 1020 g/mol. The predicted molar refractivity (Wildman–Crippen MR) is 298 cm³/mol. The van der Waals surface area contributed by atoms with E-state index < -0.39 is 40.3 Å². The second-order valence-electron chi connectivity index (χ2n) is 23.5. The molecule has 8 rings (SSSR count). The van der Waals surface area contributed by atoms with Gasteiger partial charge in [0.05, 0.1) is 63.6 Å². The summed E-state index contributed by atoms with van der Waals surface area (Å²) in [4.78, 5) is 75.9. The van der Waals surface area contributed by atoms with E-state index in [-0.39, 0.29) is 68.1 Å². The summed E-state index contributed by atoms with van der Waals surface area (Å²) >= 11 is 7.85. The number of aryl methyl sites for hydroxylation is 1. The van der Waals surface area contributed by atoms with Gasteiger partial charge in [-0.1, -0.05) is 84.3 Å². The molecule has 18 nitrogen and oxygen atoms in total. The Balaban J connectivity index is 0.765. The largest absolute Gasteiger partial charge is 0.489 e. The first-order valence-electron chi connectivity index (χ1n) is 26.7. The first kappa shape index (κ1) is 57.5. The Morgan fingerprint density at radius 1 is 0.922 bits per heavy atom. The van der Waals surface area contributed by atoms with Crippen LogP contribution in [0.25, 0.3) is 10.4 Å². The molecule has 1 saturated carbocycles. The normalized spacial score (nSPS) is 23.5. The SMILES string of the molecule is Cc1ncsc1-c1ccc([C@H](C)NC(=O)C2C[C@@H](O)CN2C(=O)C(NC(=O)CN2CCN(CCN3CCN(c4ccc(C(=O)NC5C(C)(C)C(Oc6ccc(C#N)c(Cl)c6)C5(C)C)cn4)C[C@H]3CO)CC2)C(C)(C)C)cc1. The first-order chi connectivity index (χ1) is 36.5. The highest BCUT2D eigenvalue weighted by atomic mass is 35.5. The summed E-state index contributed by atoms with van der Waals surface area (Å²) in [6.07, 6.45) is 0.613. The van der Waals surface area contributed by atoms with Crippen molar-refractivity contribution in [1.82, 2.24) is 45.5 Å². The van der Waals surface area contributed by atoms with E-state index in [9.17, 15) is 34.7 Å². The molecule has 414 valence electrons. The number of anilines is 1. The number of aliphatic hydroxyl groups excluding tert-OH is 2. The fraction of sp³-hybridized carbons (Fsp3) is 0.561. The van der Waals surface area contributed by atoms with Crippen molar-refractivity contribution in [2.24, 2.45) is 16.2 Å². The van der Waals surface area contributed by atoms with Crippen molar-refractivity contribution >= 4 is 52.4 Å². The van der Waals surface area contributed by atoms with Crippen molar-refractivity contribution in [3.8, 4) is 22.3 Å². The number of carbonyl (C=O) groups is 4. The van der Waals surface area contributed by atoms with Crippen LogP contribution in [0, 0.1) is 34.5 Å². The number of hydrogen-bond acceptors (Lipinski definition) is 15. The number of nitrogens with zero attached hydrogens (tertiary/aromatic N) is 8. The predicted octanol–water partition coefficient (Wildman–Crippen LogP) is 5.12. The number of rotatable bonds is 17. The molecule has 4 fully saturated rings. The average molecular weight is 1090 g/mol. The summed E-state index contributed by atoms with van der Waals surface area (Å²) in [5.74, 6) is 0.0700. The Kier molecular flexibility index (Phi) is 17.7. The molecule has 5 atom stereocenters. The van der Waals surface area contributed by atoms with E-state index in [1.165, 1.54) is 4.90 Å². The van der Waals surface area contributed by atoms with Crippen LogP contribution in [0.4, 0.5) is 5.82 Å². The van der Waals surface area contributed by atoms with Gasteiger partial charge in [-0.15, -0.1) is 11.3 Å². The Hall–Kier alpha value is -5.72. The van der Waals surface area contributed by atoms with Gasteiger partial charge in [0, 0.05) is 101 Å². The number of likely N-dealkylation sites (tertiary alicyclic amines) is 1. The van der Waals surface area contributed by atoms with Crippen molar-refractivity contribution in [2.45, 2.75) is 111 Å². The van der Waals surface area contributed by atoms with Gasteiger partial charge in [-0.2, -0.15) is 5.26 Å². The molecule has 77 heavy (non-hydrogen) atoms. The summed E-state index contributed by atoms with van der Waals surface area (Å²) in [5.41, 5.74) is 4.08. The number of pyridine rings is 1. The molecule has 20 heteroatoms. The van der Waals surface area contributed by atoms with Gasteiger partial charge in [0.2, 0.25) is 17.7 Å². The van der Waals surface area contributed by atoms with Gasteiger partial charge in [0.25, 0.3) is 5.91 Å². The van der Waals surface area contributed by atoms with E-state index in [0.29, 0.717) is 48.1 Å². The Labute approximate surface area is 462 Å². The van der Waals surface area contributed by atoms with Gasteiger partial charge in [-0.05, 0) is 54.7 Å². The summed E-state index contributed by atoms with van der Waals surface area (Å²) in [7, 11) is 0. The maximum absolute atomic E-state index is 14.3. The number of amides is 4. The van der Waals surface area contributed by atoms with Gasteiger partial charge in [0.1, 0.15) is 35.8 Å². The lowest BCUT2D eigenvalue weighted by Gasteiger charge is -2.63. The second kappa shape index (κ2) is 23.7. The monoisotopic (exact) mass is 1090 g/mol. The summed E-state index contributed by atoms with van der Waals surface area (Å²) in [5, 5.41) is 40.2. The number of thiazole rings is 1. The van der Waals surface area contributed by atoms with Crippen LogP contribution in [0.1, 0.15) is 95.0 Å². The lowest BCUT2D eigenvalue weighted by molar-refractivity contribution is -0.164. The molecule has 0 spiro atoms. The zero-order valence-electron chi connectivity index (χ0n) is 45.9. The van der Waals surface area contributed by atoms with E-state index >= 15 is 0 Å². The number of aromatic nitrogens is 2. The second-order valence-corrected chi connectivity index (χ2v) is 24.8. The van der Waals surface area contributed by atoms with Gasteiger partial charge < -0.3 is 40.7 Å². The van der Waals surface area contributed by atoms with E-state index in [0.717, 1.165) is 60.2 Å². The number of aliphatic hydroxyl groups is 2. The van der Waals surface area contributed by atoms with Crippen LogP contribution >= 0.6 is 22.9 Å². The van der Waals surface area contributed by atoms with Crippen molar-refractivity contribution < 1.29 is 34.1 Å². The topological polar surface area (TPSA) is 220 Å². The number of hydrogen-bond donors (Lipinski definition) is 5. The molecule has 4 aromatic rings. The van der Waals surface area contributed by atoms with E-state index in [1.807, 2.05) is 70.5 Å². The minimum atomic E-state index is -0.920. The molecule has 2 aromatic carbocycles. The molecule has 5 N–H and O–H groups in total. The average Bonchev–Trinajstić information content (AvgIpc) is 4.19. The molecule has 0 bridgehead atoms. The summed E-state index contributed by atoms with van der Waals surface area (Å²) in [6.45, 7) is 24.4. The van der Waals surface area contributed by atoms with Crippen LogP contribution in [0.3, 0.4) is 0 Å². The van der Waals surface area contributed by atoms with Crippen LogP contribution in [-0.4, -0.2) is 178 Å². The molecule has 3 aliphatic heterocycles. The van der Waals surface area contributed by atoms with Crippen LogP contribution in [-0.2, 0) is 14.4 Å². The summed E-state index contributed by atoms with van der Waals surface area (Å²) < 4.78 is 6.39. The highest BCUT2D eigenvalue weighted by Crippen LogP contribution is 2.55. The molecule has 4 amide bonds. The fourth-order valence-electron chi connectivity index (χ4n) is 12.0. The molecule has 0 radical (unpaired) electrons. The zero-order chi connectivity index (χ0) is 55.6. The fourth-order valence-corrected chi connectivity index (χ4v) is 13.0. The number of halogens is 1. The Bertz CT molecular complexity index is 2770. The minimum Gasteiger partial charge on any atom is -0.489 e. The lowest BCUT2D eigenvalue weighted by atomic mass is 9.49. The highest BCUT2D eigenvalue weighted by Gasteiger charge is 2.64. The van der Waals surface area contributed by atoms with Crippen molar-refractivity contribution in [2.75, 3.05) is 83.5 Å². The third-order valence-electron chi connectivity index (χ3n) is 16.2. The molecule has 4 aliphatic rings. The minimum absolute atomic E-state index is 0.00101. The number of nitriles is 1. The third kappa shape index (κ3) is 12.9. The Morgan fingerprint density at radius 3 is 2.23 bits per heavy atom. The number of β-amino-alcohol motifs (C(OH)–C–C–N with tert-alkyl or cyclic N) is 1. The number of carbonyl (C=O) groups excluding carboxylic acids is 4. The number of piperazine rings is 2. The van der Waals surface area contributed by atoms with Crippen LogP contribution < -0.4 is 25.6 Å². The molecule has 1 aliphatic carbocycles.